The van der Waals surface area contributed by atoms with E-state index >= 15 is 0 Å². The number of benzene rings is 2. The lowest BCUT2D eigenvalue weighted by molar-refractivity contribution is 0.0783. The third-order valence-electron chi connectivity index (χ3n) is 4.75. The molecule has 0 aliphatic rings. The standard InChI is InChI=1S/C23H25ClN4O2/c1-28(16-21-14-26-12-13-27-21)23(30)19-4-2-17(3-5-19)10-11-25-15-22(29)18-6-8-20(24)9-7-18/h2-9,12-14,22,25,29H,10-11,15-16H2,1H3/t22-/m0/s1. The van der Waals surface area contributed by atoms with Gasteiger partial charge in [0.25, 0.3) is 5.91 Å². The van der Waals surface area contributed by atoms with Crippen LogP contribution in [0.5, 0.6) is 0 Å². The lowest BCUT2D eigenvalue weighted by Gasteiger charge is -2.17. The van der Waals surface area contributed by atoms with Crippen LogP contribution in [-0.2, 0) is 13.0 Å². The number of hydrogen-bond acceptors (Lipinski definition) is 5. The maximum atomic E-state index is 12.6. The Labute approximate surface area is 181 Å². The molecule has 0 bridgehead atoms. The molecular weight excluding hydrogens is 400 g/mol. The molecule has 0 unspecified atom stereocenters. The molecule has 0 spiro atoms. The quantitative estimate of drug-likeness (QED) is 0.515. The molecular formula is C23H25ClN4O2. The number of hydrogen-bond donors (Lipinski definition) is 2. The molecule has 0 radical (unpaired) electrons. The minimum Gasteiger partial charge on any atom is -0.387 e. The van der Waals surface area contributed by atoms with Crippen LogP contribution >= 0.6 is 11.6 Å². The summed E-state index contributed by atoms with van der Waals surface area (Å²) in [4.78, 5) is 22.4. The van der Waals surface area contributed by atoms with Gasteiger partial charge < -0.3 is 15.3 Å². The van der Waals surface area contributed by atoms with Crippen molar-refractivity contribution in [1.82, 2.24) is 20.2 Å². The lowest BCUT2D eigenvalue weighted by atomic mass is 10.1. The second-order valence-corrected chi connectivity index (χ2v) is 7.51. The van der Waals surface area contributed by atoms with Crippen LogP contribution in [0.2, 0.25) is 5.02 Å². The zero-order valence-corrected chi connectivity index (χ0v) is 17.6. The van der Waals surface area contributed by atoms with E-state index in [0.717, 1.165) is 29.8 Å². The minimum absolute atomic E-state index is 0.0589. The van der Waals surface area contributed by atoms with E-state index in [1.54, 1.807) is 42.7 Å². The van der Waals surface area contributed by atoms with Crippen LogP contribution in [-0.4, -0.2) is 46.0 Å². The third-order valence-corrected chi connectivity index (χ3v) is 5.00. The number of halogens is 1. The van der Waals surface area contributed by atoms with E-state index < -0.39 is 6.10 Å². The first kappa shape index (κ1) is 21.9. The van der Waals surface area contributed by atoms with Gasteiger partial charge >= 0.3 is 0 Å². The molecule has 3 aromatic rings. The van der Waals surface area contributed by atoms with Gasteiger partial charge in [0.2, 0.25) is 0 Å². The van der Waals surface area contributed by atoms with E-state index in [4.69, 9.17) is 11.6 Å². The van der Waals surface area contributed by atoms with Crippen molar-refractivity contribution in [3.8, 4) is 0 Å². The van der Waals surface area contributed by atoms with Gasteiger partial charge in [-0.2, -0.15) is 0 Å². The van der Waals surface area contributed by atoms with E-state index in [-0.39, 0.29) is 5.91 Å². The Morgan fingerprint density at radius 2 is 1.87 bits per heavy atom. The van der Waals surface area contributed by atoms with Crippen LogP contribution in [0.3, 0.4) is 0 Å². The molecule has 1 atom stereocenters. The topological polar surface area (TPSA) is 78.4 Å². The highest BCUT2D eigenvalue weighted by atomic mass is 35.5. The summed E-state index contributed by atoms with van der Waals surface area (Å²) in [7, 11) is 1.75. The molecule has 156 valence electrons. The molecule has 2 aromatic carbocycles. The fourth-order valence-corrected chi connectivity index (χ4v) is 3.16. The van der Waals surface area contributed by atoms with Gasteiger partial charge in [-0.25, -0.2) is 0 Å². The highest BCUT2D eigenvalue weighted by Crippen LogP contribution is 2.16. The number of carbonyl (C=O) groups is 1. The zero-order chi connectivity index (χ0) is 21.3. The van der Waals surface area contributed by atoms with Gasteiger partial charge in [0.05, 0.1) is 24.5 Å². The van der Waals surface area contributed by atoms with Crippen LogP contribution in [0.15, 0.2) is 67.1 Å². The molecule has 1 aromatic heterocycles. The van der Waals surface area contributed by atoms with E-state index in [2.05, 4.69) is 15.3 Å². The maximum Gasteiger partial charge on any atom is 0.253 e. The van der Waals surface area contributed by atoms with Gasteiger partial charge in [-0.05, 0) is 48.4 Å². The lowest BCUT2D eigenvalue weighted by Crippen LogP contribution is -2.26. The summed E-state index contributed by atoms with van der Waals surface area (Å²) in [6.45, 7) is 1.60. The molecule has 30 heavy (non-hydrogen) atoms. The average molecular weight is 425 g/mol. The predicted octanol–water partition coefficient (Wildman–Crippen LogP) is 3.27. The Morgan fingerprint density at radius 1 is 1.13 bits per heavy atom. The molecule has 0 saturated heterocycles. The van der Waals surface area contributed by atoms with Crippen LogP contribution in [0.25, 0.3) is 0 Å². The number of amides is 1. The fraction of sp³-hybridized carbons (Fsp3) is 0.261. The summed E-state index contributed by atoms with van der Waals surface area (Å²) in [5.74, 6) is -0.0589. The SMILES string of the molecule is CN(Cc1cnccn1)C(=O)c1ccc(CCNC[C@H](O)c2ccc(Cl)cc2)cc1. The van der Waals surface area contributed by atoms with E-state index in [9.17, 15) is 9.90 Å². The second kappa shape index (κ2) is 10.8. The third kappa shape index (κ3) is 6.35. The number of aliphatic hydroxyl groups is 1. The largest absolute Gasteiger partial charge is 0.387 e. The van der Waals surface area contributed by atoms with Crippen molar-refractivity contribution >= 4 is 17.5 Å². The number of aromatic nitrogens is 2. The Kier molecular flexibility index (Phi) is 7.90. The van der Waals surface area contributed by atoms with Gasteiger partial charge in [-0.1, -0.05) is 35.9 Å². The summed E-state index contributed by atoms with van der Waals surface area (Å²) in [5, 5.41) is 14.1. The Hall–Kier alpha value is -2.80. The van der Waals surface area contributed by atoms with Gasteiger partial charge in [-0.3, -0.25) is 14.8 Å². The smallest absolute Gasteiger partial charge is 0.253 e. The number of nitrogens with zero attached hydrogens (tertiary/aromatic N) is 3. The van der Waals surface area contributed by atoms with E-state index in [1.165, 1.54) is 0 Å². The average Bonchev–Trinajstić information content (AvgIpc) is 2.77. The van der Waals surface area contributed by atoms with Gasteiger partial charge in [0.1, 0.15) is 0 Å². The highest BCUT2D eigenvalue weighted by molar-refractivity contribution is 6.30. The molecule has 0 fully saturated rings. The summed E-state index contributed by atoms with van der Waals surface area (Å²) in [6.07, 6.45) is 5.11. The zero-order valence-electron chi connectivity index (χ0n) is 16.8. The minimum atomic E-state index is -0.577. The molecule has 1 amide bonds. The van der Waals surface area contributed by atoms with Gasteiger partial charge in [0.15, 0.2) is 0 Å². The first-order valence-corrected chi connectivity index (χ1v) is 10.1. The van der Waals surface area contributed by atoms with Gasteiger partial charge in [0, 0.05) is 36.6 Å². The van der Waals surface area contributed by atoms with Crippen LogP contribution in [0.4, 0.5) is 0 Å². The molecule has 1 heterocycles. The molecule has 7 heteroatoms. The Bertz CT molecular complexity index is 934. The molecule has 2 N–H and O–H groups in total. The fourth-order valence-electron chi connectivity index (χ4n) is 3.04. The van der Waals surface area contributed by atoms with Crippen molar-refractivity contribution < 1.29 is 9.90 Å². The Balaban J connectivity index is 1.43. The summed E-state index contributed by atoms with van der Waals surface area (Å²) in [5.41, 5.74) is 3.34. The van der Waals surface area contributed by atoms with Crippen LogP contribution in [0, 0.1) is 0 Å². The second-order valence-electron chi connectivity index (χ2n) is 7.08. The first-order valence-electron chi connectivity index (χ1n) is 9.76. The highest BCUT2D eigenvalue weighted by Gasteiger charge is 2.12. The van der Waals surface area contributed by atoms with Crippen LogP contribution in [0.1, 0.15) is 33.3 Å². The normalized spacial score (nSPS) is 11.8. The van der Waals surface area contributed by atoms with Crippen LogP contribution < -0.4 is 5.32 Å². The van der Waals surface area contributed by atoms with Crippen molar-refractivity contribution in [2.75, 3.05) is 20.1 Å². The molecule has 3 rings (SSSR count). The van der Waals surface area contributed by atoms with E-state index in [0.29, 0.717) is 23.7 Å². The monoisotopic (exact) mass is 424 g/mol. The molecule has 6 nitrogen and oxygen atoms in total. The maximum absolute atomic E-state index is 12.6. The van der Waals surface area contributed by atoms with Crippen molar-refractivity contribution in [3.05, 3.63) is 94.5 Å². The first-order chi connectivity index (χ1) is 14.5. The van der Waals surface area contributed by atoms with Crippen molar-refractivity contribution in [2.24, 2.45) is 0 Å². The summed E-state index contributed by atoms with van der Waals surface area (Å²) >= 11 is 5.87. The summed E-state index contributed by atoms with van der Waals surface area (Å²) in [6, 6.07) is 14.8. The predicted molar refractivity (Wildman–Crippen MR) is 117 cm³/mol. The number of carbonyl (C=O) groups excluding carboxylic acids is 1. The summed E-state index contributed by atoms with van der Waals surface area (Å²) < 4.78 is 0. The molecule has 0 saturated carbocycles. The molecule has 0 aliphatic carbocycles. The number of aliphatic hydroxyl groups excluding tert-OH is 1. The van der Waals surface area contributed by atoms with E-state index in [1.807, 2.05) is 36.4 Å². The number of nitrogens with one attached hydrogen (secondary N) is 1. The van der Waals surface area contributed by atoms with Crippen molar-refractivity contribution in [2.45, 2.75) is 19.1 Å². The Morgan fingerprint density at radius 3 is 2.53 bits per heavy atom. The number of rotatable bonds is 9. The van der Waals surface area contributed by atoms with Crippen molar-refractivity contribution in [3.63, 3.8) is 0 Å². The van der Waals surface area contributed by atoms with Crippen molar-refractivity contribution in [1.29, 1.82) is 0 Å². The molecule has 0 aliphatic heterocycles. The van der Waals surface area contributed by atoms with Gasteiger partial charge in [-0.15, -0.1) is 0 Å².